The first kappa shape index (κ1) is 10.5. The standard InChI is InChI=1S/C13H17NOS/c15-11-2-3-12-9(7-11)1-4-13(12)14-10-5-6-16-8-10/h2-3,7,10,13-15H,1,4-6,8H2. The molecule has 2 nitrogen and oxygen atoms in total. The van der Waals surface area contributed by atoms with Crippen molar-refractivity contribution < 1.29 is 5.11 Å². The second kappa shape index (κ2) is 4.30. The van der Waals surface area contributed by atoms with Gasteiger partial charge in [-0.2, -0.15) is 11.8 Å². The lowest BCUT2D eigenvalue weighted by Crippen LogP contribution is -2.31. The molecule has 1 aromatic carbocycles. The molecule has 0 amide bonds. The molecule has 2 N–H and O–H groups in total. The van der Waals surface area contributed by atoms with Gasteiger partial charge in [-0.15, -0.1) is 0 Å². The largest absolute Gasteiger partial charge is 0.508 e. The summed E-state index contributed by atoms with van der Waals surface area (Å²) in [4.78, 5) is 0. The highest BCUT2D eigenvalue weighted by Gasteiger charge is 2.26. The highest BCUT2D eigenvalue weighted by molar-refractivity contribution is 7.99. The van der Waals surface area contributed by atoms with Crippen LogP contribution in [0.5, 0.6) is 5.75 Å². The van der Waals surface area contributed by atoms with Crippen LogP contribution < -0.4 is 5.32 Å². The van der Waals surface area contributed by atoms with Crippen LogP contribution in [0.4, 0.5) is 0 Å². The monoisotopic (exact) mass is 235 g/mol. The van der Waals surface area contributed by atoms with E-state index in [0.29, 0.717) is 17.8 Å². The molecule has 1 aliphatic carbocycles. The zero-order chi connectivity index (χ0) is 11.0. The summed E-state index contributed by atoms with van der Waals surface area (Å²) < 4.78 is 0. The summed E-state index contributed by atoms with van der Waals surface area (Å²) in [7, 11) is 0. The zero-order valence-corrected chi connectivity index (χ0v) is 10.1. The van der Waals surface area contributed by atoms with Crippen LogP contribution in [0, 0.1) is 0 Å². The predicted octanol–water partition coefficient (Wildman–Crippen LogP) is 2.47. The van der Waals surface area contributed by atoms with E-state index in [9.17, 15) is 5.11 Å². The topological polar surface area (TPSA) is 32.3 Å². The Morgan fingerprint density at radius 2 is 2.25 bits per heavy atom. The lowest BCUT2D eigenvalue weighted by molar-refractivity contribution is 0.458. The molecule has 0 aromatic heterocycles. The van der Waals surface area contributed by atoms with Crippen molar-refractivity contribution in [1.29, 1.82) is 0 Å². The number of aryl methyl sites for hydroxylation is 1. The number of hydrogen-bond donors (Lipinski definition) is 2. The molecule has 86 valence electrons. The smallest absolute Gasteiger partial charge is 0.115 e. The molecule has 0 bridgehead atoms. The molecule has 2 unspecified atom stereocenters. The van der Waals surface area contributed by atoms with Gasteiger partial charge in [0.25, 0.3) is 0 Å². The Bertz CT molecular complexity index is 388. The number of rotatable bonds is 2. The molecule has 0 spiro atoms. The van der Waals surface area contributed by atoms with E-state index >= 15 is 0 Å². The van der Waals surface area contributed by atoms with Gasteiger partial charge in [0.1, 0.15) is 5.75 Å². The van der Waals surface area contributed by atoms with Gasteiger partial charge in [-0.25, -0.2) is 0 Å². The molecule has 3 heteroatoms. The maximum Gasteiger partial charge on any atom is 0.115 e. The number of thioether (sulfide) groups is 1. The van der Waals surface area contributed by atoms with Crippen molar-refractivity contribution in [2.45, 2.75) is 31.3 Å². The molecule has 1 fully saturated rings. The van der Waals surface area contributed by atoms with E-state index < -0.39 is 0 Å². The van der Waals surface area contributed by atoms with Crippen molar-refractivity contribution >= 4 is 11.8 Å². The highest BCUT2D eigenvalue weighted by atomic mass is 32.2. The van der Waals surface area contributed by atoms with E-state index in [1.54, 1.807) is 0 Å². The average molecular weight is 235 g/mol. The van der Waals surface area contributed by atoms with E-state index in [4.69, 9.17) is 0 Å². The van der Waals surface area contributed by atoms with Gasteiger partial charge in [-0.3, -0.25) is 0 Å². The van der Waals surface area contributed by atoms with Crippen LogP contribution in [0.1, 0.15) is 30.0 Å². The molecule has 16 heavy (non-hydrogen) atoms. The number of benzene rings is 1. The van der Waals surface area contributed by atoms with Crippen LogP contribution in [0.2, 0.25) is 0 Å². The third-order valence-corrected chi connectivity index (χ3v) is 4.73. The number of aromatic hydroxyl groups is 1. The zero-order valence-electron chi connectivity index (χ0n) is 9.28. The van der Waals surface area contributed by atoms with Gasteiger partial charge in [0.2, 0.25) is 0 Å². The Kier molecular flexibility index (Phi) is 2.82. The number of phenolic OH excluding ortho intramolecular Hbond substituents is 1. The molecule has 3 rings (SSSR count). The van der Waals surface area contributed by atoms with Crippen molar-refractivity contribution in [3.8, 4) is 5.75 Å². The van der Waals surface area contributed by atoms with E-state index in [-0.39, 0.29) is 0 Å². The third kappa shape index (κ3) is 1.94. The summed E-state index contributed by atoms with van der Waals surface area (Å²) in [5, 5.41) is 13.2. The van der Waals surface area contributed by atoms with Gasteiger partial charge in [0.05, 0.1) is 0 Å². The molecular formula is C13H17NOS. The van der Waals surface area contributed by atoms with Crippen molar-refractivity contribution in [1.82, 2.24) is 5.32 Å². The summed E-state index contributed by atoms with van der Waals surface area (Å²) in [6.07, 6.45) is 3.58. The Morgan fingerprint density at radius 3 is 3.06 bits per heavy atom. The number of hydrogen-bond acceptors (Lipinski definition) is 3. The van der Waals surface area contributed by atoms with E-state index in [1.165, 1.54) is 35.5 Å². The first-order valence-electron chi connectivity index (χ1n) is 5.98. The van der Waals surface area contributed by atoms with Crippen LogP contribution in [-0.4, -0.2) is 22.7 Å². The van der Waals surface area contributed by atoms with Crippen LogP contribution in [0.15, 0.2) is 18.2 Å². The molecule has 0 saturated carbocycles. The second-order valence-corrected chi connectivity index (χ2v) is 5.85. The van der Waals surface area contributed by atoms with Crippen molar-refractivity contribution in [2.75, 3.05) is 11.5 Å². The van der Waals surface area contributed by atoms with Crippen molar-refractivity contribution in [3.63, 3.8) is 0 Å². The highest BCUT2D eigenvalue weighted by Crippen LogP contribution is 2.34. The van der Waals surface area contributed by atoms with E-state index in [1.807, 2.05) is 23.9 Å². The van der Waals surface area contributed by atoms with E-state index in [2.05, 4.69) is 11.4 Å². The Morgan fingerprint density at radius 1 is 1.31 bits per heavy atom. The minimum Gasteiger partial charge on any atom is -0.508 e. The number of fused-ring (bicyclic) bond motifs is 1. The van der Waals surface area contributed by atoms with Gasteiger partial charge in [0, 0.05) is 17.8 Å². The molecule has 2 aliphatic rings. The van der Waals surface area contributed by atoms with Crippen LogP contribution >= 0.6 is 11.8 Å². The SMILES string of the molecule is Oc1ccc2c(c1)CCC2NC1CCSC1. The fourth-order valence-electron chi connectivity index (χ4n) is 2.73. The van der Waals surface area contributed by atoms with Gasteiger partial charge in [0.15, 0.2) is 0 Å². The molecule has 1 heterocycles. The minimum absolute atomic E-state index is 0.399. The van der Waals surface area contributed by atoms with Gasteiger partial charge in [-0.05, 0) is 48.3 Å². The van der Waals surface area contributed by atoms with Crippen LogP contribution in [0.3, 0.4) is 0 Å². The molecule has 2 atom stereocenters. The Labute approximate surface area is 100 Å². The average Bonchev–Trinajstić information content (AvgIpc) is 2.89. The number of nitrogens with one attached hydrogen (secondary N) is 1. The van der Waals surface area contributed by atoms with Crippen LogP contribution in [-0.2, 0) is 6.42 Å². The molecule has 1 aromatic rings. The number of phenols is 1. The first-order chi connectivity index (χ1) is 7.83. The van der Waals surface area contributed by atoms with Gasteiger partial charge in [-0.1, -0.05) is 6.07 Å². The summed E-state index contributed by atoms with van der Waals surface area (Å²) in [5.74, 6) is 2.95. The summed E-state index contributed by atoms with van der Waals surface area (Å²) in [6.45, 7) is 0. The van der Waals surface area contributed by atoms with Crippen molar-refractivity contribution in [2.24, 2.45) is 0 Å². The second-order valence-electron chi connectivity index (χ2n) is 4.70. The Balaban J connectivity index is 1.75. The molecule has 1 aliphatic heterocycles. The lowest BCUT2D eigenvalue weighted by Gasteiger charge is -2.19. The Hall–Kier alpha value is -0.670. The summed E-state index contributed by atoms with van der Waals surface area (Å²) in [6, 6.07) is 7.01. The molecule has 1 saturated heterocycles. The third-order valence-electron chi connectivity index (χ3n) is 3.57. The normalized spacial score (nSPS) is 28.2. The first-order valence-corrected chi connectivity index (χ1v) is 7.14. The molecular weight excluding hydrogens is 218 g/mol. The predicted molar refractivity (Wildman–Crippen MR) is 68.0 cm³/mol. The lowest BCUT2D eigenvalue weighted by atomic mass is 10.1. The van der Waals surface area contributed by atoms with Gasteiger partial charge < -0.3 is 10.4 Å². The maximum atomic E-state index is 9.44. The maximum absolute atomic E-state index is 9.44. The van der Waals surface area contributed by atoms with Crippen molar-refractivity contribution in [3.05, 3.63) is 29.3 Å². The van der Waals surface area contributed by atoms with Gasteiger partial charge >= 0.3 is 0 Å². The fraction of sp³-hybridized carbons (Fsp3) is 0.538. The van der Waals surface area contributed by atoms with Crippen LogP contribution in [0.25, 0.3) is 0 Å². The quantitative estimate of drug-likeness (QED) is 0.826. The summed E-state index contributed by atoms with van der Waals surface area (Å²) in [5.41, 5.74) is 2.72. The minimum atomic E-state index is 0.399. The molecule has 0 radical (unpaired) electrons. The van der Waals surface area contributed by atoms with E-state index in [0.717, 1.165) is 6.42 Å². The summed E-state index contributed by atoms with van der Waals surface area (Å²) >= 11 is 2.05. The fourth-order valence-corrected chi connectivity index (χ4v) is 3.89.